The average molecular weight is 285 g/mol. The Morgan fingerprint density at radius 3 is 2.37 bits per heavy atom. The molecule has 2 rings (SSSR count). The first-order chi connectivity index (χ1) is 8.70. The van der Waals surface area contributed by atoms with Crippen LogP contribution in [0.25, 0.3) is 0 Å². The normalized spacial score (nSPS) is 16.5. The molecular formula is C12H19N3O3S. The van der Waals surface area contributed by atoms with E-state index >= 15 is 0 Å². The van der Waals surface area contributed by atoms with E-state index in [9.17, 15) is 13.2 Å². The summed E-state index contributed by atoms with van der Waals surface area (Å²) in [6.45, 7) is 4.44. The van der Waals surface area contributed by atoms with Crippen molar-refractivity contribution in [2.24, 2.45) is 7.05 Å². The van der Waals surface area contributed by atoms with E-state index in [4.69, 9.17) is 0 Å². The lowest BCUT2D eigenvalue weighted by Gasteiger charge is -2.38. The molecule has 6 nitrogen and oxygen atoms in total. The molecule has 1 amide bonds. The van der Waals surface area contributed by atoms with Gasteiger partial charge < -0.3 is 4.90 Å². The molecule has 1 aromatic heterocycles. The van der Waals surface area contributed by atoms with Crippen molar-refractivity contribution >= 4 is 15.7 Å². The van der Waals surface area contributed by atoms with Crippen LogP contribution in [0.2, 0.25) is 0 Å². The SMILES string of the molecule is Cc1nn(C)c(C)c1CC(=O)N1CC(S(C)(=O)=O)C1. The lowest BCUT2D eigenvalue weighted by Crippen LogP contribution is -2.57. The Labute approximate surface area is 113 Å². The molecule has 0 aromatic carbocycles. The van der Waals surface area contributed by atoms with Gasteiger partial charge in [-0.15, -0.1) is 0 Å². The van der Waals surface area contributed by atoms with Crippen molar-refractivity contribution in [1.82, 2.24) is 14.7 Å². The fourth-order valence-corrected chi connectivity index (χ4v) is 3.15. The summed E-state index contributed by atoms with van der Waals surface area (Å²) in [4.78, 5) is 13.7. The Balaban J connectivity index is 2.01. The van der Waals surface area contributed by atoms with Crippen molar-refractivity contribution < 1.29 is 13.2 Å². The quantitative estimate of drug-likeness (QED) is 0.773. The van der Waals surface area contributed by atoms with Crippen LogP contribution in [0.5, 0.6) is 0 Å². The Morgan fingerprint density at radius 2 is 1.95 bits per heavy atom. The van der Waals surface area contributed by atoms with Crippen LogP contribution in [0.3, 0.4) is 0 Å². The standard InChI is InChI=1S/C12H19N3O3S/c1-8-11(9(2)14(3)13-8)5-12(16)15-6-10(7-15)19(4,17)18/h10H,5-7H2,1-4H3. The van der Waals surface area contributed by atoms with Crippen LogP contribution >= 0.6 is 0 Å². The highest BCUT2D eigenvalue weighted by atomic mass is 32.2. The number of amides is 1. The van der Waals surface area contributed by atoms with Crippen LogP contribution in [-0.4, -0.2) is 53.6 Å². The third-order valence-electron chi connectivity index (χ3n) is 3.79. The number of aryl methyl sites for hydroxylation is 2. The van der Waals surface area contributed by atoms with Gasteiger partial charge in [0.1, 0.15) is 0 Å². The van der Waals surface area contributed by atoms with E-state index in [1.807, 2.05) is 20.9 Å². The Bertz CT molecular complexity index is 612. The maximum atomic E-state index is 12.1. The molecule has 1 aromatic rings. The summed E-state index contributed by atoms with van der Waals surface area (Å²) in [5.74, 6) is -0.0286. The van der Waals surface area contributed by atoms with Crippen molar-refractivity contribution in [3.8, 4) is 0 Å². The molecule has 1 saturated heterocycles. The molecule has 0 N–H and O–H groups in total. The summed E-state index contributed by atoms with van der Waals surface area (Å²) in [5.41, 5.74) is 2.77. The van der Waals surface area contributed by atoms with E-state index < -0.39 is 15.1 Å². The molecule has 0 radical (unpaired) electrons. The number of likely N-dealkylation sites (tertiary alicyclic amines) is 1. The molecule has 1 aliphatic rings. The van der Waals surface area contributed by atoms with E-state index in [-0.39, 0.29) is 5.91 Å². The Morgan fingerprint density at radius 1 is 1.37 bits per heavy atom. The fourth-order valence-electron chi connectivity index (χ4n) is 2.25. The lowest BCUT2D eigenvalue weighted by atomic mass is 10.1. The Kier molecular flexibility index (Phi) is 3.42. The molecule has 19 heavy (non-hydrogen) atoms. The van der Waals surface area contributed by atoms with Crippen molar-refractivity contribution in [3.63, 3.8) is 0 Å². The van der Waals surface area contributed by atoms with Crippen LogP contribution in [0.1, 0.15) is 17.0 Å². The average Bonchev–Trinajstić information content (AvgIpc) is 2.40. The van der Waals surface area contributed by atoms with Gasteiger partial charge in [0.2, 0.25) is 5.91 Å². The molecule has 0 aliphatic carbocycles. The van der Waals surface area contributed by atoms with Gasteiger partial charge in [-0.3, -0.25) is 9.48 Å². The number of rotatable bonds is 3. The molecule has 0 atom stereocenters. The van der Waals surface area contributed by atoms with Crippen molar-refractivity contribution in [2.45, 2.75) is 25.5 Å². The summed E-state index contributed by atoms with van der Waals surface area (Å²) in [6, 6.07) is 0. The van der Waals surface area contributed by atoms with Crippen LogP contribution in [0.4, 0.5) is 0 Å². The van der Waals surface area contributed by atoms with Crippen molar-refractivity contribution in [3.05, 3.63) is 17.0 Å². The van der Waals surface area contributed by atoms with E-state index in [2.05, 4.69) is 5.10 Å². The first kappa shape index (κ1) is 14.0. The zero-order valence-electron chi connectivity index (χ0n) is 11.7. The van der Waals surface area contributed by atoms with Crippen LogP contribution in [-0.2, 0) is 28.1 Å². The highest BCUT2D eigenvalue weighted by molar-refractivity contribution is 7.91. The topological polar surface area (TPSA) is 72.3 Å². The molecule has 0 bridgehead atoms. The number of nitrogens with zero attached hydrogens (tertiary/aromatic N) is 3. The number of hydrogen-bond donors (Lipinski definition) is 0. The van der Waals surface area contributed by atoms with Gasteiger partial charge in [0.05, 0.1) is 17.4 Å². The molecule has 1 aliphatic heterocycles. The second kappa shape index (κ2) is 4.63. The molecule has 7 heteroatoms. The summed E-state index contributed by atoms with van der Waals surface area (Å²) in [6.07, 6.45) is 1.51. The van der Waals surface area contributed by atoms with E-state index in [1.165, 1.54) is 6.26 Å². The van der Waals surface area contributed by atoms with E-state index in [0.717, 1.165) is 17.0 Å². The highest BCUT2D eigenvalue weighted by Gasteiger charge is 2.37. The van der Waals surface area contributed by atoms with Gasteiger partial charge in [0, 0.05) is 37.7 Å². The van der Waals surface area contributed by atoms with Crippen LogP contribution < -0.4 is 0 Å². The zero-order chi connectivity index (χ0) is 14.4. The molecule has 2 heterocycles. The number of carbonyl (C=O) groups is 1. The maximum absolute atomic E-state index is 12.1. The Hall–Kier alpha value is -1.37. The second-order valence-electron chi connectivity index (χ2n) is 5.20. The maximum Gasteiger partial charge on any atom is 0.227 e. The predicted octanol–water partition coefficient (Wildman–Crippen LogP) is -0.165. The fraction of sp³-hybridized carbons (Fsp3) is 0.667. The van der Waals surface area contributed by atoms with Crippen molar-refractivity contribution in [2.75, 3.05) is 19.3 Å². The number of hydrogen-bond acceptors (Lipinski definition) is 4. The first-order valence-corrected chi connectivity index (χ1v) is 8.11. The monoisotopic (exact) mass is 285 g/mol. The molecule has 0 spiro atoms. The van der Waals surface area contributed by atoms with Gasteiger partial charge >= 0.3 is 0 Å². The number of aromatic nitrogens is 2. The smallest absolute Gasteiger partial charge is 0.227 e. The minimum atomic E-state index is -3.03. The number of carbonyl (C=O) groups excluding carboxylic acids is 1. The van der Waals surface area contributed by atoms with Crippen LogP contribution in [0, 0.1) is 13.8 Å². The first-order valence-electron chi connectivity index (χ1n) is 6.16. The third-order valence-corrected chi connectivity index (χ3v) is 5.30. The molecule has 1 fully saturated rings. The van der Waals surface area contributed by atoms with Gasteiger partial charge in [-0.2, -0.15) is 5.10 Å². The second-order valence-corrected chi connectivity index (χ2v) is 7.53. The highest BCUT2D eigenvalue weighted by Crippen LogP contribution is 2.19. The molecular weight excluding hydrogens is 266 g/mol. The largest absolute Gasteiger partial charge is 0.340 e. The van der Waals surface area contributed by atoms with Gasteiger partial charge in [0.15, 0.2) is 9.84 Å². The summed E-state index contributed by atoms with van der Waals surface area (Å²) < 4.78 is 24.4. The minimum absolute atomic E-state index is 0.0286. The minimum Gasteiger partial charge on any atom is -0.340 e. The summed E-state index contributed by atoms with van der Waals surface area (Å²) in [7, 11) is -1.18. The molecule has 0 saturated carbocycles. The van der Waals surface area contributed by atoms with Gasteiger partial charge in [0.25, 0.3) is 0 Å². The van der Waals surface area contributed by atoms with Crippen molar-refractivity contribution in [1.29, 1.82) is 0 Å². The summed E-state index contributed by atoms with van der Waals surface area (Å²) >= 11 is 0. The third kappa shape index (κ3) is 2.65. The van der Waals surface area contributed by atoms with Gasteiger partial charge in [-0.25, -0.2) is 8.42 Å². The molecule has 0 unspecified atom stereocenters. The molecule has 106 valence electrons. The zero-order valence-corrected chi connectivity index (χ0v) is 12.5. The van der Waals surface area contributed by atoms with Crippen LogP contribution in [0.15, 0.2) is 0 Å². The summed E-state index contributed by atoms with van der Waals surface area (Å²) in [5, 5.41) is 3.88. The predicted molar refractivity (Wildman–Crippen MR) is 71.6 cm³/mol. The number of sulfone groups is 1. The van der Waals surface area contributed by atoms with E-state index in [1.54, 1.807) is 9.58 Å². The van der Waals surface area contributed by atoms with E-state index in [0.29, 0.717) is 19.5 Å². The van der Waals surface area contributed by atoms with Gasteiger partial charge in [-0.1, -0.05) is 0 Å². The lowest BCUT2D eigenvalue weighted by molar-refractivity contribution is -0.133. The van der Waals surface area contributed by atoms with Gasteiger partial charge in [-0.05, 0) is 13.8 Å².